The summed E-state index contributed by atoms with van der Waals surface area (Å²) in [7, 11) is 3.25. The highest BCUT2D eigenvalue weighted by Crippen LogP contribution is 1.92. The molecule has 2 heteroatoms. The predicted octanol–water partition coefficient (Wildman–Crippen LogP) is 1.60. The normalized spacial score (nSPS) is 7.90. The van der Waals surface area contributed by atoms with Crippen molar-refractivity contribution >= 4 is 0 Å². The molecule has 0 aromatic carbocycles. The fraction of sp³-hybridized carbons (Fsp3) is 0.750. The molecule has 0 fully saturated rings. The Bertz CT molecular complexity index is 53.2. The monoisotopic (exact) mass is 146 g/mol. The molecule has 0 unspecified atom stereocenters. The molecule has 0 aromatic rings. The molecule has 0 saturated carbocycles. The zero-order valence-electron chi connectivity index (χ0n) is 6.97. The van der Waals surface area contributed by atoms with Crippen molar-refractivity contribution in [3.63, 3.8) is 0 Å². The van der Waals surface area contributed by atoms with Crippen LogP contribution >= 0.6 is 0 Å². The van der Waals surface area contributed by atoms with Gasteiger partial charge in [0.2, 0.25) is 0 Å². The van der Waals surface area contributed by atoms with Crippen LogP contribution in [0, 0.1) is 0 Å². The van der Waals surface area contributed by atoms with E-state index in [1.807, 2.05) is 6.08 Å². The van der Waals surface area contributed by atoms with Crippen molar-refractivity contribution in [3.8, 4) is 0 Å². The van der Waals surface area contributed by atoms with Crippen LogP contribution in [-0.4, -0.2) is 25.9 Å². The molecular weight excluding hydrogens is 128 g/mol. The molecule has 0 rings (SSSR count). The van der Waals surface area contributed by atoms with Crippen LogP contribution in [-0.2, 0) is 4.74 Å². The Balaban J connectivity index is 0. The first-order valence-corrected chi connectivity index (χ1v) is 3.45. The topological polar surface area (TPSA) is 29.5 Å². The molecule has 0 aromatic heterocycles. The van der Waals surface area contributed by atoms with Crippen molar-refractivity contribution in [2.45, 2.75) is 19.3 Å². The smallest absolute Gasteiger partial charge is 0.0431 e. The van der Waals surface area contributed by atoms with Crippen molar-refractivity contribution in [1.29, 1.82) is 0 Å². The van der Waals surface area contributed by atoms with Gasteiger partial charge in [-0.15, -0.1) is 6.58 Å². The zero-order valence-corrected chi connectivity index (χ0v) is 6.97. The third kappa shape index (κ3) is 25.4. The zero-order chi connectivity index (χ0) is 8.24. The molecule has 62 valence electrons. The van der Waals surface area contributed by atoms with Crippen LogP contribution in [0.3, 0.4) is 0 Å². The fourth-order valence-electron chi connectivity index (χ4n) is 0.400. The highest BCUT2D eigenvalue weighted by molar-refractivity contribution is 4.64. The van der Waals surface area contributed by atoms with E-state index in [0.717, 1.165) is 19.3 Å². The Kier molecular flexibility index (Phi) is 19.6. The van der Waals surface area contributed by atoms with E-state index in [2.05, 4.69) is 11.3 Å². The number of aliphatic hydroxyl groups excluding tert-OH is 1. The molecule has 2 nitrogen and oxygen atoms in total. The summed E-state index contributed by atoms with van der Waals surface area (Å²) in [6.07, 6.45) is 4.88. The van der Waals surface area contributed by atoms with Gasteiger partial charge >= 0.3 is 0 Å². The molecule has 0 saturated heterocycles. The minimum Gasteiger partial charge on any atom is -0.396 e. The summed E-state index contributed by atoms with van der Waals surface area (Å²) in [5, 5.41) is 8.26. The van der Waals surface area contributed by atoms with Gasteiger partial charge in [0, 0.05) is 20.8 Å². The van der Waals surface area contributed by atoms with Crippen molar-refractivity contribution in [2.75, 3.05) is 20.8 Å². The Morgan fingerprint density at radius 3 is 2.20 bits per heavy atom. The molecule has 0 bridgehead atoms. The third-order valence-corrected chi connectivity index (χ3v) is 0.816. The summed E-state index contributed by atoms with van der Waals surface area (Å²) in [6, 6.07) is 0. The number of hydrogen-bond acceptors (Lipinski definition) is 2. The van der Waals surface area contributed by atoms with Crippen LogP contribution in [0.25, 0.3) is 0 Å². The summed E-state index contributed by atoms with van der Waals surface area (Å²) in [5.41, 5.74) is 0. The number of unbranched alkanes of at least 4 members (excludes halogenated alkanes) is 2. The van der Waals surface area contributed by atoms with E-state index in [1.54, 1.807) is 14.2 Å². The maximum Gasteiger partial charge on any atom is 0.0431 e. The Hall–Kier alpha value is -0.340. The minimum atomic E-state index is 0.313. The molecule has 0 heterocycles. The predicted molar refractivity (Wildman–Crippen MR) is 44.1 cm³/mol. The van der Waals surface area contributed by atoms with Gasteiger partial charge < -0.3 is 9.84 Å². The molecule has 1 N–H and O–H groups in total. The summed E-state index contributed by atoms with van der Waals surface area (Å²) in [5.74, 6) is 0. The number of hydrogen-bond donors (Lipinski definition) is 1. The lowest BCUT2D eigenvalue weighted by molar-refractivity contribution is 0.277. The summed E-state index contributed by atoms with van der Waals surface area (Å²) >= 11 is 0. The second-order valence-electron chi connectivity index (χ2n) is 1.92. The first kappa shape index (κ1) is 12.3. The highest BCUT2D eigenvalue weighted by Gasteiger charge is 1.78. The van der Waals surface area contributed by atoms with E-state index in [4.69, 9.17) is 5.11 Å². The van der Waals surface area contributed by atoms with Gasteiger partial charge in [-0.1, -0.05) is 6.08 Å². The molecule has 0 aliphatic carbocycles. The van der Waals surface area contributed by atoms with Crippen LogP contribution < -0.4 is 0 Å². The molecule has 0 aliphatic heterocycles. The van der Waals surface area contributed by atoms with Crippen LogP contribution in [0.5, 0.6) is 0 Å². The lowest BCUT2D eigenvalue weighted by Gasteiger charge is -1.87. The highest BCUT2D eigenvalue weighted by atomic mass is 16.4. The van der Waals surface area contributed by atoms with E-state index in [1.165, 1.54) is 0 Å². The summed E-state index contributed by atoms with van der Waals surface area (Å²) < 4.78 is 4.25. The molecule has 0 atom stereocenters. The van der Waals surface area contributed by atoms with Crippen LogP contribution in [0.15, 0.2) is 12.7 Å². The van der Waals surface area contributed by atoms with Crippen molar-refractivity contribution in [1.82, 2.24) is 0 Å². The Morgan fingerprint density at radius 1 is 1.40 bits per heavy atom. The second kappa shape index (κ2) is 15.9. The molecule has 10 heavy (non-hydrogen) atoms. The van der Waals surface area contributed by atoms with Gasteiger partial charge in [-0.2, -0.15) is 0 Å². The summed E-state index contributed by atoms with van der Waals surface area (Å²) in [4.78, 5) is 0. The van der Waals surface area contributed by atoms with E-state index in [-0.39, 0.29) is 0 Å². The largest absolute Gasteiger partial charge is 0.396 e. The lowest BCUT2D eigenvalue weighted by Crippen LogP contribution is -1.79. The number of aliphatic hydroxyl groups is 1. The third-order valence-electron chi connectivity index (χ3n) is 0.816. The van der Waals surface area contributed by atoms with Crippen molar-refractivity contribution in [2.24, 2.45) is 0 Å². The maximum atomic E-state index is 8.26. The Labute approximate surface area is 63.5 Å². The van der Waals surface area contributed by atoms with E-state index in [0.29, 0.717) is 6.61 Å². The number of rotatable bonds is 4. The molecule has 0 spiro atoms. The van der Waals surface area contributed by atoms with E-state index >= 15 is 0 Å². The Morgan fingerprint density at radius 2 is 1.90 bits per heavy atom. The molecule has 0 amide bonds. The first-order valence-electron chi connectivity index (χ1n) is 3.45. The average molecular weight is 146 g/mol. The van der Waals surface area contributed by atoms with Gasteiger partial charge in [0.1, 0.15) is 0 Å². The van der Waals surface area contributed by atoms with E-state index in [9.17, 15) is 0 Å². The van der Waals surface area contributed by atoms with Gasteiger partial charge in [0.25, 0.3) is 0 Å². The van der Waals surface area contributed by atoms with Gasteiger partial charge in [0.05, 0.1) is 0 Å². The number of ether oxygens (including phenoxy) is 1. The first-order chi connectivity index (χ1) is 4.83. The average Bonchev–Trinajstić information content (AvgIpc) is 1.91. The van der Waals surface area contributed by atoms with Gasteiger partial charge in [-0.05, 0) is 19.3 Å². The summed E-state index contributed by atoms with van der Waals surface area (Å²) in [6.45, 7) is 3.86. The van der Waals surface area contributed by atoms with Crippen molar-refractivity contribution in [3.05, 3.63) is 12.7 Å². The standard InChI is InChI=1S/C6H12O.C2H6O/c1-2-3-4-5-6-7;1-3-2/h2,7H,1,3-6H2;1-2H3. The van der Waals surface area contributed by atoms with Crippen molar-refractivity contribution < 1.29 is 9.84 Å². The number of allylic oxidation sites excluding steroid dienone is 1. The van der Waals surface area contributed by atoms with E-state index < -0.39 is 0 Å². The van der Waals surface area contributed by atoms with Crippen LogP contribution in [0.1, 0.15) is 19.3 Å². The lowest BCUT2D eigenvalue weighted by atomic mass is 10.2. The maximum absolute atomic E-state index is 8.26. The van der Waals surface area contributed by atoms with Crippen LogP contribution in [0.2, 0.25) is 0 Å². The molecule has 0 aliphatic rings. The van der Waals surface area contributed by atoms with Gasteiger partial charge in [-0.25, -0.2) is 0 Å². The SMILES string of the molecule is C=CCCCCO.COC. The minimum absolute atomic E-state index is 0.313. The molecule has 0 radical (unpaired) electrons. The number of methoxy groups -OCH3 is 1. The second-order valence-corrected chi connectivity index (χ2v) is 1.92. The quantitative estimate of drug-likeness (QED) is 0.482. The molecular formula is C8H18O2. The van der Waals surface area contributed by atoms with Crippen LogP contribution in [0.4, 0.5) is 0 Å². The fourth-order valence-corrected chi connectivity index (χ4v) is 0.400. The van der Waals surface area contributed by atoms with Gasteiger partial charge in [0.15, 0.2) is 0 Å². The van der Waals surface area contributed by atoms with Gasteiger partial charge in [-0.3, -0.25) is 0 Å².